The highest BCUT2D eigenvalue weighted by molar-refractivity contribution is 5.85. The number of nitrogens with zero attached hydrogens (tertiary/aromatic N) is 1. The lowest BCUT2D eigenvalue weighted by Crippen LogP contribution is -2.45. The van der Waals surface area contributed by atoms with E-state index in [0.29, 0.717) is 16.8 Å². The van der Waals surface area contributed by atoms with Gasteiger partial charge < -0.3 is 15.2 Å². The average molecular weight is 416 g/mol. The molecule has 158 valence electrons. The highest BCUT2D eigenvalue weighted by atomic mass is 19.3. The first-order valence-electron chi connectivity index (χ1n) is 9.47. The van der Waals surface area contributed by atoms with Gasteiger partial charge in [-0.25, -0.2) is 13.2 Å². The molecule has 1 unspecified atom stereocenters. The van der Waals surface area contributed by atoms with E-state index in [4.69, 9.17) is 5.26 Å². The van der Waals surface area contributed by atoms with Gasteiger partial charge in [-0.15, -0.1) is 0 Å². The molecule has 0 aliphatic heterocycles. The summed E-state index contributed by atoms with van der Waals surface area (Å²) in [6.45, 7) is 5.05. The molecule has 3 rings (SSSR count). The Labute approximate surface area is 172 Å². The number of H-pyrrole nitrogens is 1. The van der Waals surface area contributed by atoms with Crippen molar-refractivity contribution in [2.24, 2.45) is 0 Å². The van der Waals surface area contributed by atoms with Crippen molar-refractivity contribution in [3.63, 3.8) is 0 Å². The van der Waals surface area contributed by atoms with Crippen LogP contribution in [-0.4, -0.2) is 27.2 Å². The minimum atomic E-state index is -3.05. The molecule has 0 saturated heterocycles. The van der Waals surface area contributed by atoms with Crippen molar-refractivity contribution in [3.8, 4) is 11.8 Å². The van der Waals surface area contributed by atoms with E-state index in [1.807, 2.05) is 6.92 Å². The normalized spacial score (nSPS) is 14.1. The summed E-state index contributed by atoms with van der Waals surface area (Å²) in [4.78, 5) is 3.02. The number of alkyl halides is 2. The van der Waals surface area contributed by atoms with E-state index in [-0.39, 0.29) is 24.2 Å². The molecule has 0 spiro atoms. The second-order valence-corrected chi connectivity index (χ2v) is 8.46. The molecule has 1 heterocycles. The van der Waals surface area contributed by atoms with Crippen LogP contribution in [0.15, 0.2) is 36.4 Å². The van der Waals surface area contributed by atoms with Crippen LogP contribution >= 0.6 is 0 Å². The topological polar surface area (TPSA) is 80.0 Å². The van der Waals surface area contributed by atoms with E-state index in [0.717, 1.165) is 23.1 Å². The Bertz CT molecular complexity index is 1130. The second kappa shape index (κ2) is 7.69. The Morgan fingerprint density at radius 2 is 1.87 bits per heavy atom. The Morgan fingerprint density at radius 3 is 2.47 bits per heavy atom. The van der Waals surface area contributed by atoms with Crippen molar-refractivity contribution >= 4 is 10.9 Å². The van der Waals surface area contributed by atoms with Gasteiger partial charge in [-0.3, -0.25) is 0 Å². The Balaban J connectivity index is 1.95. The first-order valence-corrected chi connectivity index (χ1v) is 9.47. The molecule has 0 fully saturated rings. The van der Waals surface area contributed by atoms with Crippen LogP contribution in [-0.2, 0) is 11.8 Å². The number of benzene rings is 2. The molecule has 7 heteroatoms. The zero-order chi connectivity index (χ0) is 22.3. The van der Waals surface area contributed by atoms with Gasteiger partial charge in [-0.05, 0) is 54.2 Å². The molecule has 4 nitrogen and oxygen atoms in total. The molecule has 0 bridgehead atoms. The Hall–Kier alpha value is -2.98. The molecule has 3 aromatic rings. The first kappa shape index (κ1) is 21.7. The van der Waals surface area contributed by atoms with Gasteiger partial charge in [0.05, 0.1) is 11.6 Å². The third-order valence-corrected chi connectivity index (χ3v) is 5.47. The van der Waals surface area contributed by atoms with Gasteiger partial charge in [0.15, 0.2) is 0 Å². The van der Waals surface area contributed by atoms with Crippen LogP contribution in [0.5, 0.6) is 5.75 Å². The van der Waals surface area contributed by atoms with Gasteiger partial charge in [-0.1, -0.05) is 19.9 Å². The summed E-state index contributed by atoms with van der Waals surface area (Å²) < 4.78 is 41.3. The number of phenolic OH excluding ortho intramolecular Hbond substituents is 1. The van der Waals surface area contributed by atoms with E-state index in [2.05, 4.69) is 11.1 Å². The maximum Gasteiger partial charge on any atom is 0.267 e. The molecule has 0 amide bonds. The van der Waals surface area contributed by atoms with Gasteiger partial charge >= 0.3 is 0 Å². The number of nitriles is 1. The van der Waals surface area contributed by atoms with Gasteiger partial charge in [0.25, 0.3) is 6.43 Å². The lowest BCUT2D eigenvalue weighted by molar-refractivity contribution is -0.110. The number of aromatic hydroxyl groups is 1. The summed E-state index contributed by atoms with van der Waals surface area (Å²) in [7, 11) is 0. The van der Waals surface area contributed by atoms with Crippen LogP contribution in [0.4, 0.5) is 13.2 Å². The number of aromatic nitrogens is 1. The molecule has 1 aromatic heterocycles. The van der Waals surface area contributed by atoms with E-state index < -0.39 is 23.3 Å². The number of halogens is 3. The smallest absolute Gasteiger partial charge is 0.267 e. The van der Waals surface area contributed by atoms with Crippen molar-refractivity contribution in [2.75, 3.05) is 0 Å². The van der Waals surface area contributed by atoms with E-state index in [9.17, 15) is 23.4 Å². The van der Waals surface area contributed by atoms with Crippen LogP contribution < -0.4 is 0 Å². The van der Waals surface area contributed by atoms with Crippen LogP contribution in [0.3, 0.4) is 0 Å². The van der Waals surface area contributed by atoms with Crippen LogP contribution in [0, 0.1) is 24.1 Å². The van der Waals surface area contributed by atoms with Gasteiger partial charge in [0, 0.05) is 29.1 Å². The average Bonchev–Trinajstić information content (AvgIpc) is 3.03. The van der Waals surface area contributed by atoms with Crippen LogP contribution in [0.2, 0.25) is 0 Å². The fourth-order valence-electron chi connectivity index (χ4n) is 4.12. The maximum atomic E-state index is 14.0. The summed E-state index contributed by atoms with van der Waals surface area (Å²) in [6.07, 6.45) is -3.78. The largest absolute Gasteiger partial charge is 0.508 e. The molecule has 0 radical (unpaired) electrons. The quantitative estimate of drug-likeness (QED) is 0.523. The number of nitrogens with one attached hydrogen (secondary N) is 1. The molecule has 0 saturated carbocycles. The SMILES string of the molecule is Cc1cc(C#N)cc2[nH]c(CC(O)(CC(C)(C)c3ccc(F)cc3O)C(F)F)cc12. The van der Waals surface area contributed by atoms with Crippen molar-refractivity contribution in [1.82, 2.24) is 4.98 Å². The Kier molecular flexibility index (Phi) is 5.57. The van der Waals surface area contributed by atoms with Crippen molar-refractivity contribution in [3.05, 3.63) is 64.6 Å². The summed E-state index contributed by atoms with van der Waals surface area (Å²) in [5.41, 5.74) is -0.863. The third-order valence-electron chi connectivity index (χ3n) is 5.47. The van der Waals surface area contributed by atoms with Gasteiger partial charge in [-0.2, -0.15) is 5.26 Å². The molecular weight excluding hydrogens is 393 g/mol. The van der Waals surface area contributed by atoms with E-state index >= 15 is 0 Å². The molecule has 1 atom stereocenters. The first-order chi connectivity index (χ1) is 13.9. The predicted octanol–water partition coefficient (Wildman–Crippen LogP) is 5.10. The van der Waals surface area contributed by atoms with Crippen molar-refractivity contribution < 1.29 is 23.4 Å². The highest BCUT2D eigenvalue weighted by Crippen LogP contribution is 2.41. The van der Waals surface area contributed by atoms with E-state index in [1.165, 1.54) is 6.07 Å². The molecular formula is C23H23F3N2O2. The molecule has 3 N–H and O–H groups in total. The van der Waals surface area contributed by atoms with E-state index in [1.54, 1.807) is 32.0 Å². The number of aryl methyl sites for hydroxylation is 1. The monoisotopic (exact) mass is 416 g/mol. The zero-order valence-electron chi connectivity index (χ0n) is 16.9. The van der Waals surface area contributed by atoms with Gasteiger partial charge in [0.2, 0.25) is 0 Å². The standard InChI is InChI=1S/C23H23F3N2O2/c1-13-6-14(11-27)7-19-17(13)9-16(28-19)10-23(30,21(25)26)12-22(2,3)18-5-4-15(24)8-20(18)29/h4-9,21,28-30H,10,12H2,1-3H3. The third kappa shape index (κ3) is 4.14. The van der Waals surface area contributed by atoms with Crippen molar-refractivity contribution in [2.45, 2.75) is 51.1 Å². The fraction of sp³-hybridized carbons (Fsp3) is 0.348. The van der Waals surface area contributed by atoms with Crippen molar-refractivity contribution in [1.29, 1.82) is 5.26 Å². The van der Waals surface area contributed by atoms with Crippen LogP contribution in [0.1, 0.15) is 42.7 Å². The van der Waals surface area contributed by atoms with Gasteiger partial charge in [0.1, 0.15) is 17.2 Å². The second-order valence-electron chi connectivity index (χ2n) is 8.46. The molecule has 0 aliphatic rings. The number of hydrogen-bond acceptors (Lipinski definition) is 3. The summed E-state index contributed by atoms with van der Waals surface area (Å²) >= 11 is 0. The number of phenols is 1. The minimum absolute atomic E-state index is 0.272. The summed E-state index contributed by atoms with van der Waals surface area (Å²) in [5, 5.41) is 30.9. The molecule has 30 heavy (non-hydrogen) atoms. The Morgan fingerprint density at radius 1 is 1.17 bits per heavy atom. The minimum Gasteiger partial charge on any atom is -0.508 e. The maximum absolute atomic E-state index is 14.0. The highest BCUT2D eigenvalue weighted by Gasteiger charge is 2.44. The summed E-state index contributed by atoms with van der Waals surface area (Å²) in [6, 6.07) is 10.5. The lowest BCUT2D eigenvalue weighted by atomic mass is 9.73. The number of fused-ring (bicyclic) bond motifs is 1. The number of rotatable bonds is 6. The fourth-order valence-corrected chi connectivity index (χ4v) is 4.12. The number of aromatic amines is 1. The van der Waals surface area contributed by atoms with Crippen LogP contribution in [0.25, 0.3) is 10.9 Å². The molecule has 0 aliphatic carbocycles. The summed E-state index contributed by atoms with van der Waals surface area (Å²) in [5.74, 6) is -0.983. The zero-order valence-corrected chi connectivity index (χ0v) is 16.9. The number of aliphatic hydroxyl groups is 1. The lowest BCUT2D eigenvalue weighted by Gasteiger charge is -2.36. The number of hydrogen-bond donors (Lipinski definition) is 3. The predicted molar refractivity (Wildman–Crippen MR) is 108 cm³/mol. The molecule has 2 aromatic carbocycles.